The maximum Gasteiger partial charge on any atom is 0.230 e. The van der Waals surface area contributed by atoms with E-state index in [1.165, 1.54) is 5.56 Å². The Morgan fingerprint density at radius 2 is 1.67 bits per heavy atom. The van der Waals surface area contributed by atoms with Crippen molar-refractivity contribution in [1.29, 1.82) is 0 Å². The van der Waals surface area contributed by atoms with Crippen molar-refractivity contribution in [3.8, 4) is 5.69 Å². The number of anilines is 1. The number of benzene rings is 2. The molecule has 1 aromatic heterocycles. The predicted molar refractivity (Wildman–Crippen MR) is 87.3 cm³/mol. The molecule has 4 nitrogen and oxygen atoms in total. The maximum atomic E-state index is 5.36. The first-order valence-electron chi connectivity index (χ1n) is 6.73. The summed E-state index contributed by atoms with van der Waals surface area (Å²) in [6.07, 6.45) is 0. The van der Waals surface area contributed by atoms with Gasteiger partial charge in [-0.05, 0) is 29.9 Å². The van der Waals surface area contributed by atoms with E-state index in [4.69, 9.17) is 12.2 Å². The average molecular weight is 296 g/mol. The molecule has 0 aliphatic heterocycles. The van der Waals surface area contributed by atoms with Gasteiger partial charge in [-0.3, -0.25) is 4.57 Å². The van der Waals surface area contributed by atoms with Gasteiger partial charge >= 0.3 is 0 Å². The van der Waals surface area contributed by atoms with Crippen molar-refractivity contribution in [3.63, 3.8) is 0 Å². The third kappa shape index (κ3) is 2.87. The summed E-state index contributed by atoms with van der Waals surface area (Å²) in [6.45, 7) is 0.771. The minimum absolute atomic E-state index is 0.594. The molecule has 0 aliphatic rings. The molecular formula is C16H16N4S. The Labute approximate surface area is 128 Å². The van der Waals surface area contributed by atoms with Gasteiger partial charge in [-0.1, -0.05) is 48.5 Å². The Bertz CT molecular complexity index is 762. The number of hydrogen-bond acceptors (Lipinski definition) is 3. The summed E-state index contributed by atoms with van der Waals surface area (Å²) < 4.78 is 2.54. The number of para-hydroxylation sites is 1. The Kier molecular flexibility index (Phi) is 3.83. The van der Waals surface area contributed by atoms with Gasteiger partial charge in [-0.15, -0.1) is 5.10 Å². The van der Waals surface area contributed by atoms with E-state index < -0.39 is 0 Å². The lowest BCUT2D eigenvalue weighted by Gasteiger charge is -2.19. The van der Waals surface area contributed by atoms with E-state index in [0.29, 0.717) is 4.77 Å². The van der Waals surface area contributed by atoms with Crippen molar-refractivity contribution in [2.75, 3.05) is 11.9 Å². The number of nitrogens with zero attached hydrogens (tertiary/aromatic N) is 3. The number of hydrogen-bond donors (Lipinski definition) is 1. The third-order valence-electron chi connectivity index (χ3n) is 3.27. The fraction of sp³-hybridized carbons (Fsp3) is 0.125. The van der Waals surface area contributed by atoms with Crippen molar-refractivity contribution in [3.05, 3.63) is 71.0 Å². The van der Waals surface area contributed by atoms with Crippen LogP contribution in [-0.2, 0) is 6.54 Å². The molecule has 0 spiro atoms. The predicted octanol–water partition coefficient (Wildman–Crippen LogP) is 3.57. The molecule has 1 N–H and O–H groups in total. The summed E-state index contributed by atoms with van der Waals surface area (Å²) in [5.41, 5.74) is 2.24. The smallest absolute Gasteiger partial charge is 0.230 e. The topological polar surface area (TPSA) is 36.9 Å². The maximum absolute atomic E-state index is 5.36. The minimum Gasteiger partial charge on any atom is -0.339 e. The van der Waals surface area contributed by atoms with Crippen molar-refractivity contribution < 1.29 is 0 Å². The van der Waals surface area contributed by atoms with Crippen LogP contribution in [-0.4, -0.2) is 21.8 Å². The summed E-state index contributed by atoms with van der Waals surface area (Å²) in [4.78, 5) is 2.08. The quantitative estimate of drug-likeness (QED) is 0.748. The number of H-pyrrole nitrogens is 1. The first kappa shape index (κ1) is 13.6. The van der Waals surface area contributed by atoms with E-state index >= 15 is 0 Å². The molecule has 0 radical (unpaired) electrons. The SMILES string of the molecule is CN(Cc1ccccc1)c1n[nH]c(=S)n1-c1ccccc1. The van der Waals surface area contributed by atoms with Crippen molar-refractivity contribution in [2.24, 2.45) is 0 Å². The van der Waals surface area contributed by atoms with Crippen LogP contribution >= 0.6 is 12.2 Å². The van der Waals surface area contributed by atoms with Crippen LogP contribution in [0.2, 0.25) is 0 Å². The third-order valence-corrected chi connectivity index (χ3v) is 3.55. The lowest BCUT2D eigenvalue weighted by Crippen LogP contribution is -2.20. The van der Waals surface area contributed by atoms with Crippen LogP contribution in [0.5, 0.6) is 0 Å². The zero-order valence-electron chi connectivity index (χ0n) is 11.7. The molecule has 0 amide bonds. The Balaban J connectivity index is 1.95. The second kappa shape index (κ2) is 5.93. The average Bonchev–Trinajstić information content (AvgIpc) is 2.91. The molecule has 3 rings (SSSR count). The van der Waals surface area contributed by atoms with Gasteiger partial charge in [0.25, 0.3) is 0 Å². The van der Waals surface area contributed by atoms with E-state index in [-0.39, 0.29) is 0 Å². The molecule has 106 valence electrons. The normalized spacial score (nSPS) is 10.5. The van der Waals surface area contributed by atoms with Crippen LogP contribution in [0.3, 0.4) is 0 Å². The van der Waals surface area contributed by atoms with Crippen LogP contribution in [0.1, 0.15) is 5.56 Å². The van der Waals surface area contributed by atoms with Gasteiger partial charge in [0.05, 0.1) is 5.69 Å². The molecule has 3 aromatic rings. The Morgan fingerprint density at radius 3 is 2.33 bits per heavy atom. The highest BCUT2D eigenvalue weighted by Gasteiger charge is 2.12. The van der Waals surface area contributed by atoms with Crippen molar-refractivity contribution >= 4 is 18.2 Å². The summed E-state index contributed by atoms with van der Waals surface area (Å²) in [5, 5.41) is 7.24. The van der Waals surface area contributed by atoms with E-state index in [1.54, 1.807) is 0 Å². The second-order valence-electron chi connectivity index (χ2n) is 4.84. The van der Waals surface area contributed by atoms with E-state index in [1.807, 2.05) is 60.1 Å². The van der Waals surface area contributed by atoms with Gasteiger partial charge in [0.15, 0.2) is 0 Å². The zero-order chi connectivity index (χ0) is 14.7. The monoisotopic (exact) mass is 296 g/mol. The van der Waals surface area contributed by atoms with Crippen LogP contribution in [0, 0.1) is 4.77 Å². The van der Waals surface area contributed by atoms with E-state index in [9.17, 15) is 0 Å². The van der Waals surface area contributed by atoms with Gasteiger partial charge in [0.1, 0.15) is 0 Å². The number of aromatic nitrogens is 3. The summed E-state index contributed by atoms with van der Waals surface area (Å²) in [5.74, 6) is 0.801. The van der Waals surface area contributed by atoms with Crippen LogP contribution in [0.25, 0.3) is 5.69 Å². The Morgan fingerprint density at radius 1 is 1.05 bits per heavy atom. The zero-order valence-corrected chi connectivity index (χ0v) is 12.5. The highest BCUT2D eigenvalue weighted by Crippen LogP contribution is 2.18. The van der Waals surface area contributed by atoms with Gasteiger partial charge in [-0.25, -0.2) is 5.10 Å². The number of aromatic amines is 1. The van der Waals surface area contributed by atoms with Gasteiger partial charge in [0, 0.05) is 13.6 Å². The van der Waals surface area contributed by atoms with Crippen molar-refractivity contribution in [1.82, 2.24) is 14.8 Å². The van der Waals surface area contributed by atoms with E-state index in [0.717, 1.165) is 18.2 Å². The molecular weight excluding hydrogens is 280 g/mol. The fourth-order valence-corrected chi connectivity index (χ4v) is 2.52. The van der Waals surface area contributed by atoms with E-state index in [2.05, 4.69) is 27.2 Å². The lowest BCUT2D eigenvalue weighted by atomic mass is 10.2. The molecule has 0 saturated heterocycles. The number of nitrogens with one attached hydrogen (secondary N) is 1. The highest BCUT2D eigenvalue weighted by atomic mass is 32.1. The fourth-order valence-electron chi connectivity index (χ4n) is 2.28. The summed E-state index contributed by atoms with van der Waals surface area (Å²) in [6, 6.07) is 20.3. The van der Waals surface area contributed by atoms with Gasteiger partial charge < -0.3 is 4.90 Å². The summed E-state index contributed by atoms with van der Waals surface area (Å²) in [7, 11) is 2.01. The second-order valence-corrected chi connectivity index (χ2v) is 5.23. The standard InChI is InChI=1S/C16H16N4S/c1-19(12-13-8-4-2-5-9-13)15-17-18-16(21)20(15)14-10-6-3-7-11-14/h2-11H,12H2,1H3,(H,18,21). The van der Waals surface area contributed by atoms with Crippen LogP contribution in [0.15, 0.2) is 60.7 Å². The lowest BCUT2D eigenvalue weighted by molar-refractivity contribution is 0.843. The molecule has 0 saturated carbocycles. The summed E-state index contributed by atoms with van der Waals surface area (Å²) >= 11 is 5.36. The molecule has 0 unspecified atom stereocenters. The Hall–Kier alpha value is -2.40. The molecule has 1 heterocycles. The number of rotatable bonds is 4. The molecule has 0 bridgehead atoms. The minimum atomic E-state index is 0.594. The molecule has 0 atom stereocenters. The molecule has 2 aromatic carbocycles. The molecule has 0 aliphatic carbocycles. The first-order valence-corrected chi connectivity index (χ1v) is 7.14. The van der Waals surface area contributed by atoms with Gasteiger partial charge in [-0.2, -0.15) is 0 Å². The van der Waals surface area contributed by atoms with Crippen molar-refractivity contribution in [2.45, 2.75) is 6.54 Å². The first-order chi connectivity index (χ1) is 10.3. The molecule has 0 fully saturated rings. The molecule has 21 heavy (non-hydrogen) atoms. The molecule has 5 heteroatoms. The van der Waals surface area contributed by atoms with Crippen LogP contribution < -0.4 is 4.90 Å². The van der Waals surface area contributed by atoms with Gasteiger partial charge in [0.2, 0.25) is 10.7 Å². The van der Waals surface area contributed by atoms with Crippen LogP contribution in [0.4, 0.5) is 5.95 Å². The largest absolute Gasteiger partial charge is 0.339 e. The highest BCUT2D eigenvalue weighted by molar-refractivity contribution is 7.71.